The van der Waals surface area contributed by atoms with E-state index in [4.69, 9.17) is 0 Å². The Morgan fingerprint density at radius 3 is 2.65 bits per heavy atom. The number of hydrogen-bond donors (Lipinski definition) is 0. The van der Waals surface area contributed by atoms with Gasteiger partial charge in [-0.25, -0.2) is 0 Å². The number of hydrogen-bond acceptors (Lipinski definition) is 1. The first kappa shape index (κ1) is 12.9. The third-order valence-electron chi connectivity index (χ3n) is 6.12. The Kier molecular flexibility index (Phi) is 3.34. The van der Waals surface area contributed by atoms with Crippen LogP contribution in [0.2, 0.25) is 0 Å². The second-order valence-corrected chi connectivity index (χ2v) is 7.42. The van der Waals surface area contributed by atoms with Crippen LogP contribution in [0.1, 0.15) is 50.5 Å². The van der Waals surface area contributed by atoms with Crippen LogP contribution in [-0.4, -0.2) is 24.5 Å². The lowest BCUT2D eigenvalue weighted by Crippen LogP contribution is -2.51. The number of likely N-dealkylation sites (tertiary alicyclic amines) is 1. The van der Waals surface area contributed by atoms with Gasteiger partial charge in [0.05, 0.1) is 0 Å². The highest BCUT2D eigenvalue weighted by molar-refractivity contribution is 5.28. The average Bonchev–Trinajstić information content (AvgIpc) is 3.32. The molecule has 2 saturated carbocycles. The van der Waals surface area contributed by atoms with E-state index in [9.17, 15) is 0 Å². The van der Waals surface area contributed by atoms with Crippen LogP contribution in [0.3, 0.4) is 0 Å². The molecule has 0 radical (unpaired) electrons. The molecule has 4 rings (SSSR count). The van der Waals surface area contributed by atoms with Gasteiger partial charge in [0.1, 0.15) is 0 Å². The highest BCUT2D eigenvalue weighted by atomic mass is 15.1. The fraction of sp³-hybridized carbons (Fsp3) is 0.684. The topological polar surface area (TPSA) is 3.24 Å². The molecule has 0 unspecified atom stereocenters. The molecule has 1 heterocycles. The Hall–Kier alpha value is -0.820. The molecule has 1 aromatic rings. The SMILES string of the molecule is c1ccc([C@]23CCCC[C@@H]2CN(CC2CC2)CC3)cc1. The first-order valence-electron chi connectivity index (χ1n) is 8.65. The zero-order valence-electron chi connectivity index (χ0n) is 12.6. The molecule has 0 N–H and O–H groups in total. The maximum absolute atomic E-state index is 2.79. The summed E-state index contributed by atoms with van der Waals surface area (Å²) in [4.78, 5) is 2.79. The van der Waals surface area contributed by atoms with Crippen LogP contribution >= 0.6 is 0 Å². The van der Waals surface area contributed by atoms with Crippen LogP contribution in [0, 0.1) is 11.8 Å². The van der Waals surface area contributed by atoms with E-state index in [2.05, 4.69) is 35.2 Å². The highest BCUT2D eigenvalue weighted by Crippen LogP contribution is 2.49. The van der Waals surface area contributed by atoms with Gasteiger partial charge < -0.3 is 4.90 Å². The van der Waals surface area contributed by atoms with E-state index in [0.717, 1.165) is 11.8 Å². The first-order valence-corrected chi connectivity index (χ1v) is 8.65. The van der Waals surface area contributed by atoms with Crippen LogP contribution in [0.15, 0.2) is 30.3 Å². The fourth-order valence-electron chi connectivity index (χ4n) is 4.79. The summed E-state index contributed by atoms with van der Waals surface area (Å²) in [6, 6.07) is 11.4. The van der Waals surface area contributed by atoms with Crippen molar-refractivity contribution in [1.29, 1.82) is 0 Å². The number of rotatable bonds is 3. The van der Waals surface area contributed by atoms with Crippen LogP contribution in [0.25, 0.3) is 0 Å². The van der Waals surface area contributed by atoms with Crippen molar-refractivity contribution in [1.82, 2.24) is 4.90 Å². The molecule has 1 aromatic carbocycles. The molecule has 1 saturated heterocycles. The minimum Gasteiger partial charge on any atom is -0.303 e. The van der Waals surface area contributed by atoms with E-state index in [1.54, 1.807) is 5.56 Å². The highest BCUT2D eigenvalue weighted by Gasteiger charge is 2.45. The van der Waals surface area contributed by atoms with Gasteiger partial charge in [-0.2, -0.15) is 0 Å². The van der Waals surface area contributed by atoms with Gasteiger partial charge in [-0.1, -0.05) is 43.2 Å². The lowest BCUT2D eigenvalue weighted by Gasteiger charge is -2.51. The normalized spacial score (nSPS) is 34.7. The van der Waals surface area contributed by atoms with Crippen molar-refractivity contribution in [2.75, 3.05) is 19.6 Å². The molecule has 3 fully saturated rings. The Balaban J connectivity index is 1.57. The zero-order valence-corrected chi connectivity index (χ0v) is 12.6. The van der Waals surface area contributed by atoms with Crippen molar-refractivity contribution in [3.63, 3.8) is 0 Å². The average molecular weight is 269 g/mol. The molecule has 20 heavy (non-hydrogen) atoms. The largest absolute Gasteiger partial charge is 0.303 e. The summed E-state index contributed by atoms with van der Waals surface area (Å²) in [5, 5.41) is 0. The lowest BCUT2D eigenvalue weighted by atomic mass is 9.59. The van der Waals surface area contributed by atoms with Crippen LogP contribution in [0.5, 0.6) is 0 Å². The number of nitrogens with zero attached hydrogens (tertiary/aromatic N) is 1. The Morgan fingerprint density at radius 2 is 1.85 bits per heavy atom. The van der Waals surface area contributed by atoms with Crippen molar-refractivity contribution < 1.29 is 0 Å². The summed E-state index contributed by atoms with van der Waals surface area (Å²) in [6.45, 7) is 4.09. The molecule has 0 aromatic heterocycles. The number of fused-ring (bicyclic) bond motifs is 1. The van der Waals surface area contributed by atoms with Gasteiger partial charge in [0.15, 0.2) is 0 Å². The summed E-state index contributed by atoms with van der Waals surface area (Å²) in [5.74, 6) is 1.95. The fourth-order valence-corrected chi connectivity index (χ4v) is 4.79. The molecular weight excluding hydrogens is 242 g/mol. The predicted octanol–water partition coefficient (Wildman–Crippen LogP) is 4.23. The van der Waals surface area contributed by atoms with Crippen molar-refractivity contribution in [2.24, 2.45) is 11.8 Å². The molecule has 0 spiro atoms. The van der Waals surface area contributed by atoms with Gasteiger partial charge in [-0.05, 0) is 56.0 Å². The third kappa shape index (κ3) is 2.30. The summed E-state index contributed by atoms with van der Waals surface area (Å²) in [7, 11) is 0. The molecule has 2 atom stereocenters. The maximum Gasteiger partial charge on any atom is 0.00183 e. The lowest BCUT2D eigenvalue weighted by molar-refractivity contribution is 0.0538. The molecule has 0 bridgehead atoms. The molecular formula is C19H27N. The first-order chi connectivity index (χ1) is 9.87. The van der Waals surface area contributed by atoms with Crippen LogP contribution < -0.4 is 0 Å². The van der Waals surface area contributed by atoms with E-state index < -0.39 is 0 Å². The minimum atomic E-state index is 0.513. The molecule has 1 aliphatic heterocycles. The van der Waals surface area contributed by atoms with Gasteiger partial charge in [0.2, 0.25) is 0 Å². The molecule has 1 heteroatoms. The van der Waals surface area contributed by atoms with E-state index in [0.29, 0.717) is 5.41 Å². The Morgan fingerprint density at radius 1 is 1.00 bits per heavy atom. The van der Waals surface area contributed by atoms with Gasteiger partial charge in [-0.15, -0.1) is 0 Å². The standard InChI is InChI=1S/C19H27N/c1-2-6-17(7-3-1)19-11-5-4-8-18(19)15-20(13-12-19)14-16-9-10-16/h1-3,6-7,16,18H,4-5,8-15H2/t18-,19-/m1/s1. The molecule has 0 amide bonds. The van der Waals surface area contributed by atoms with E-state index >= 15 is 0 Å². The monoisotopic (exact) mass is 269 g/mol. The van der Waals surface area contributed by atoms with Gasteiger partial charge in [0.25, 0.3) is 0 Å². The van der Waals surface area contributed by atoms with E-state index in [-0.39, 0.29) is 0 Å². The number of piperidine rings is 1. The molecule has 1 nitrogen and oxygen atoms in total. The summed E-state index contributed by atoms with van der Waals surface area (Å²) >= 11 is 0. The molecule has 3 aliphatic rings. The second-order valence-electron chi connectivity index (χ2n) is 7.42. The predicted molar refractivity (Wildman–Crippen MR) is 83.9 cm³/mol. The molecule has 2 aliphatic carbocycles. The summed E-state index contributed by atoms with van der Waals surface area (Å²) in [6.07, 6.45) is 10.2. The minimum absolute atomic E-state index is 0.513. The van der Waals surface area contributed by atoms with Gasteiger partial charge in [0, 0.05) is 18.5 Å². The van der Waals surface area contributed by atoms with Crippen LogP contribution in [-0.2, 0) is 5.41 Å². The summed E-state index contributed by atoms with van der Waals surface area (Å²) < 4.78 is 0. The van der Waals surface area contributed by atoms with Crippen molar-refractivity contribution >= 4 is 0 Å². The molecule has 108 valence electrons. The maximum atomic E-state index is 2.79. The van der Waals surface area contributed by atoms with Gasteiger partial charge >= 0.3 is 0 Å². The van der Waals surface area contributed by atoms with E-state index in [1.165, 1.54) is 64.6 Å². The smallest absolute Gasteiger partial charge is 0.00183 e. The second kappa shape index (κ2) is 5.18. The number of benzene rings is 1. The third-order valence-corrected chi connectivity index (χ3v) is 6.12. The zero-order chi connectivity index (χ0) is 13.4. The van der Waals surface area contributed by atoms with Crippen LogP contribution in [0.4, 0.5) is 0 Å². The van der Waals surface area contributed by atoms with Crippen molar-refractivity contribution in [3.05, 3.63) is 35.9 Å². The quantitative estimate of drug-likeness (QED) is 0.793. The van der Waals surface area contributed by atoms with Crippen molar-refractivity contribution in [3.8, 4) is 0 Å². The van der Waals surface area contributed by atoms with Gasteiger partial charge in [-0.3, -0.25) is 0 Å². The Labute approximate surface area is 123 Å². The van der Waals surface area contributed by atoms with E-state index in [1.807, 2.05) is 0 Å². The van der Waals surface area contributed by atoms with Crippen molar-refractivity contribution in [2.45, 2.75) is 50.4 Å². The Bertz CT molecular complexity index is 450. The summed E-state index contributed by atoms with van der Waals surface area (Å²) in [5.41, 5.74) is 2.15.